The van der Waals surface area contributed by atoms with E-state index in [2.05, 4.69) is 13.2 Å². The van der Waals surface area contributed by atoms with E-state index >= 15 is 0 Å². The second-order valence-electron chi connectivity index (χ2n) is 3.76. The zero-order chi connectivity index (χ0) is 13.3. The maximum atomic E-state index is 11.5. The minimum Gasteiger partial charge on any atom is -0.299 e. The molecule has 4 nitrogen and oxygen atoms in total. The summed E-state index contributed by atoms with van der Waals surface area (Å²) in [7, 11) is -3.61. The number of Topliss-reactive ketones (excluding diaryl/α,β-unsaturated/α-hetero) is 2. The summed E-state index contributed by atoms with van der Waals surface area (Å²) in [6.45, 7) is 6.89. The topological polar surface area (TPSA) is 68.3 Å². The summed E-state index contributed by atoms with van der Waals surface area (Å²) in [5, 5.41) is 0. The van der Waals surface area contributed by atoms with E-state index in [-0.39, 0.29) is 24.4 Å². The number of carbonyl (C=O) groups is 2. The summed E-state index contributed by atoms with van der Waals surface area (Å²) < 4.78 is 23.0. The lowest BCUT2D eigenvalue weighted by Gasteiger charge is -2.02. The van der Waals surface area contributed by atoms with Gasteiger partial charge in [-0.3, -0.25) is 9.59 Å². The standard InChI is InChI=1S/C12H18O4S/c1-3-5-7-11(13)9-17(15,16)10-12(14)8-6-4-2/h3-4H,1-2,5-10H2. The highest BCUT2D eigenvalue weighted by atomic mass is 32.2. The van der Waals surface area contributed by atoms with Gasteiger partial charge < -0.3 is 0 Å². The zero-order valence-electron chi connectivity index (χ0n) is 9.85. The van der Waals surface area contributed by atoms with Crippen LogP contribution >= 0.6 is 0 Å². The van der Waals surface area contributed by atoms with Gasteiger partial charge in [-0.2, -0.15) is 0 Å². The van der Waals surface area contributed by atoms with Crippen molar-refractivity contribution < 1.29 is 18.0 Å². The van der Waals surface area contributed by atoms with Gasteiger partial charge in [0.2, 0.25) is 0 Å². The molecule has 0 spiro atoms. The highest BCUT2D eigenvalue weighted by molar-refractivity contribution is 7.92. The van der Waals surface area contributed by atoms with Crippen LogP contribution in [0.4, 0.5) is 0 Å². The van der Waals surface area contributed by atoms with Gasteiger partial charge in [-0.15, -0.1) is 13.2 Å². The summed E-state index contributed by atoms with van der Waals surface area (Å²) in [4.78, 5) is 22.5. The first-order chi connectivity index (χ1) is 7.91. The van der Waals surface area contributed by atoms with Gasteiger partial charge in [0.25, 0.3) is 0 Å². The summed E-state index contributed by atoms with van der Waals surface area (Å²) in [5.41, 5.74) is 0. The van der Waals surface area contributed by atoms with Crippen LogP contribution in [0.1, 0.15) is 25.7 Å². The molecule has 0 heterocycles. The van der Waals surface area contributed by atoms with E-state index in [4.69, 9.17) is 0 Å². The molecule has 0 aliphatic rings. The third-order valence-electron chi connectivity index (χ3n) is 2.02. The number of hydrogen-bond donors (Lipinski definition) is 0. The number of sulfone groups is 1. The lowest BCUT2D eigenvalue weighted by Crippen LogP contribution is -2.23. The van der Waals surface area contributed by atoms with Crippen LogP contribution in [-0.2, 0) is 19.4 Å². The number of hydrogen-bond acceptors (Lipinski definition) is 4. The van der Waals surface area contributed by atoms with E-state index in [1.165, 1.54) is 0 Å². The van der Waals surface area contributed by atoms with Crippen LogP contribution < -0.4 is 0 Å². The Kier molecular flexibility index (Phi) is 7.37. The van der Waals surface area contributed by atoms with Crippen LogP contribution in [0.3, 0.4) is 0 Å². The fourth-order valence-corrected chi connectivity index (χ4v) is 2.58. The van der Waals surface area contributed by atoms with Gasteiger partial charge in [-0.25, -0.2) is 8.42 Å². The normalized spacial score (nSPS) is 10.8. The minimum absolute atomic E-state index is 0.156. The molecule has 0 saturated heterocycles. The lowest BCUT2D eigenvalue weighted by atomic mass is 10.2. The Morgan fingerprint density at radius 2 is 1.24 bits per heavy atom. The van der Waals surface area contributed by atoms with Crippen molar-refractivity contribution >= 4 is 21.4 Å². The quantitative estimate of drug-likeness (QED) is 0.556. The van der Waals surface area contributed by atoms with Crippen LogP contribution in [0.2, 0.25) is 0 Å². The van der Waals surface area contributed by atoms with Crippen LogP contribution in [0.25, 0.3) is 0 Å². The number of rotatable bonds is 10. The Hall–Kier alpha value is -1.23. The van der Waals surface area contributed by atoms with Crippen molar-refractivity contribution in [3.8, 4) is 0 Å². The minimum atomic E-state index is -3.61. The van der Waals surface area contributed by atoms with Gasteiger partial charge in [-0.05, 0) is 12.8 Å². The van der Waals surface area contributed by atoms with Crippen molar-refractivity contribution in [2.75, 3.05) is 11.5 Å². The summed E-state index contributed by atoms with van der Waals surface area (Å²) in [6, 6.07) is 0. The molecular formula is C12H18O4S. The van der Waals surface area contributed by atoms with Crippen molar-refractivity contribution in [3.63, 3.8) is 0 Å². The largest absolute Gasteiger partial charge is 0.299 e. The lowest BCUT2D eigenvalue weighted by molar-refractivity contribution is -0.116. The Bertz CT molecular complexity index is 361. The molecule has 0 bridgehead atoms. The smallest absolute Gasteiger partial charge is 0.164 e. The molecule has 0 aromatic rings. The predicted molar refractivity (Wildman–Crippen MR) is 67.5 cm³/mol. The van der Waals surface area contributed by atoms with Gasteiger partial charge in [0.05, 0.1) is 0 Å². The van der Waals surface area contributed by atoms with Gasteiger partial charge in [0, 0.05) is 12.8 Å². The van der Waals surface area contributed by atoms with Gasteiger partial charge in [0.1, 0.15) is 23.1 Å². The van der Waals surface area contributed by atoms with Crippen molar-refractivity contribution in [2.24, 2.45) is 0 Å². The predicted octanol–water partition coefficient (Wildman–Crippen LogP) is 1.47. The Balaban J connectivity index is 4.19. The van der Waals surface area contributed by atoms with Crippen molar-refractivity contribution in [2.45, 2.75) is 25.7 Å². The average molecular weight is 258 g/mol. The average Bonchev–Trinajstić information content (AvgIpc) is 2.22. The van der Waals surface area contributed by atoms with E-state index in [1.807, 2.05) is 0 Å². The molecule has 0 aromatic carbocycles. The Morgan fingerprint density at radius 3 is 1.53 bits per heavy atom. The molecule has 0 rings (SSSR count). The first-order valence-electron chi connectivity index (χ1n) is 5.37. The Labute approximate surface area is 102 Å². The second-order valence-corrected chi connectivity index (χ2v) is 5.83. The van der Waals surface area contributed by atoms with E-state index in [9.17, 15) is 18.0 Å². The third-order valence-corrected chi connectivity index (χ3v) is 3.54. The molecule has 0 fully saturated rings. The fourth-order valence-electron chi connectivity index (χ4n) is 1.21. The van der Waals surface area contributed by atoms with Crippen LogP contribution in [-0.4, -0.2) is 31.5 Å². The van der Waals surface area contributed by atoms with Crippen LogP contribution in [0, 0.1) is 0 Å². The fraction of sp³-hybridized carbons (Fsp3) is 0.500. The van der Waals surface area contributed by atoms with Crippen molar-refractivity contribution in [1.82, 2.24) is 0 Å². The van der Waals surface area contributed by atoms with Gasteiger partial charge in [0.15, 0.2) is 9.84 Å². The molecule has 0 radical (unpaired) electrons. The Morgan fingerprint density at radius 1 is 0.882 bits per heavy atom. The summed E-state index contributed by atoms with van der Waals surface area (Å²) >= 11 is 0. The van der Waals surface area contributed by atoms with Crippen LogP contribution in [0.5, 0.6) is 0 Å². The maximum Gasteiger partial charge on any atom is 0.164 e. The molecule has 0 saturated carbocycles. The number of ketones is 2. The van der Waals surface area contributed by atoms with E-state index in [1.54, 1.807) is 12.2 Å². The van der Waals surface area contributed by atoms with E-state index in [0.29, 0.717) is 12.8 Å². The molecule has 0 N–H and O–H groups in total. The van der Waals surface area contributed by atoms with Crippen molar-refractivity contribution in [3.05, 3.63) is 25.3 Å². The summed E-state index contributed by atoms with van der Waals surface area (Å²) in [6.07, 6.45) is 4.34. The van der Waals surface area contributed by atoms with Gasteiger partial charge >= 0.3 is 0 Å². The highest BCUT2D eigenvalue weighted by Crippen LogP contribution is 2.01. The van der Waals surface area contributed by atoms with E-state index < -0.39 is 21.3 Å². The zero-order valence-corrected chi connectivity index (χ0v) is 10.7. The third kappa shape index (κ3) is 8.56. The SMILES string of the molecule is C=CCCC(=O)CS(=O)(=O)CC(=O)CCC=C. The first-order valence-corrected chi connectivity index (χ1v) is 7.19. The molecule has 0 aromatic heterocycles. The molecule has 0 unspecified atom stereocenters. The molecule has 0 atom stereocenters. The first kappa shape index (κ1) is 15.8. The molecule has 5 heteroatoms. The monoisotopic (exact) mass is 258 g/mol. The van der Waals surface area contributed by atoms with Crippen LogP contribution in [0.15, 0.2) is 25.3 Å². The molecule has 0 amide bonds. The maximum absolute atomic E-state index is 11.5. The van der Waals surface area contributed by atoms with E-state index in [0.717, 1.165) is 0 Å². The second kappa shape index (κ2) is 7.95. The summed E-state index contributed by atoms with van der Waals surface area (Å²) in [5.74, 6) is -1.86. The molecule has 0 aliphatic heterocycles. The molecule has 17 heavy (non-hydrogen) atoms. The highest BCUT2D eigenvalue weighted by Gasteiger charge is 2.19. The van der Waals surface area contributed by atoms with Gasteiger partial charge in [-0.1, -0.05) is 12.2 Å². The number of allylic oxidation sites excluding steroid dienone is 2. The molecular weight excluding hydrogens is 240 g/mol. The molecule has 0 aliphatic carbocycles. The number of carbonyl (C=O) groups excluding carboxylic acids is 2. The van der Waals surface area contributed by atoms with Crippen molar-refractivity contribution in [1.29, 1.82) is 0 Å². The molecule has 96 valence electrons.